The van der Waals surface area contributed by atoms with Crippen LogP contribution in [-0.2, 0) is 12.0 Å². The number of aryl methyl sites for hydroxylation is 2. The normalized spacial score (nSPS) is 14.9. The van der Waals surface area contributed by atoms with Gasteiger partial charge in [0.15, 0.2) is 11.6 Å². The molecule has 6 heteroatoms. The molecule has 0 bridgehead atoms. The predicted octanol–water partition coefficient (Wildman–Crippen LogP) is 3.04. The van der Waals surface area contributed by atoms with Crippen LogP contribution >= 0.6 is 0 Å². The van der Waals surface area contributed by atoms with Crippen LogP contribution in [0.3, 0.4) is 0 Å². The molecule has 3 heterocycles. The summed E-state index contributed by atoms with van der Waals surface area (Å²) < 4.78 is 2.22. The summed E-state index contributed by atoms with van der Waals surface area (Å²) in [6.07, 6.45) is 2.53. The second kappa shape index (κ2) is 5.51. The summed E-state index contributed by atoms with van der Waals surface area (Å²) in [5.74, 6) is 2.93. The molecule has 0 unspecified atom stereocenters. The van der Waals surface area contributed by atoms with Crippen molar-refractivity contribution in [1.29, 1.82) is 0 Å². The van der Waals surface area contributed by atoms with Crippen molar-refractivity contribution >= 4 is 11.5 Å². The molecule has 2 aromatic rings. The third-order valence-electron chi connectivity index (χ3n) is 4.55. The van der Waals surface area contributed by atoms with Crippen LogP contribution in [0.4, 0.5) is 11.5 Å². The number of fused-ring (bicyclic) bond motifs is 3. The number of imidazole rings is 1. The van der Waals surface area contributed by atoms with E-state index in [0.29, 0.717) is 0 Å². The van der Waals surface area contributed by atoms with Crippen LogP contribution in [0.5, 0.6) is 0 Å². The monoisotopic (exact) mass is 314 g/mol. The van der Waals surface area contributed by atoms with E-state index < -0.39 is 0 Å². The fourth-order valence-electron chi connectivity index (χ4n) is 3.57. The Balaban J connectivity index is 2.30. The van der Waals surface area contributed by atoms with E-state index >= 15 is 0 Å². The maximum Gasteiger partial charge on any atom is 0.167 e. The molecular formula is C17H26N6. The summed E-state index contributed by atoms with van der Waals surface area (Å²) >= 11 is 0. The third-order valence-corrected chi connectivity index (χ3v) is 4.55. The molecule has 1 aliphatic heterocycles. The molecule has 0 aromatic carbocycles. The summed E-state index contributed by atoms with van der Waals surface area (Å²) in [6, 6.07) is 0. The van der Waals surface area contributed by atoms with E-state index in [9.17, 15) is 0 Å². The van der Waals surface area contributed by atoms with Gasteiger partial charge in [0, 0.05) is 19.5 Å². The highest BCUT2D eigenvalue weighted by Crippen LogP contribution is 2.41. The summed E-state index contributed by atoms with van der Waals surface area (Å²) in [5, 5.41) is 3.66. The molecule has 0 radical (unpaired) electrons. The van der Waals surface area contributed by atoms with Gasteiger partial charge < -0.3 is 10.2 Å². The smallest absolute Gasteiger partial charge is 0.167 e. The highest BCUT2D eigenvalue weighted by atomic mass is 15.3. The van der Waals surface area contributed by atoms with Crippen molar-refractivity contribution in [1.82, 2.24) is 19.5 Å². The molecule has 0 aliphatic carbocycles. The number of aromatic nitrogens is 4. The molecule has 0 saturated carbocycles. The van der Waals surface area contributed by atoms with Gasteiger partial charge in [-0.15, -0.1) is 0 Å². The van der Waals surface area contributed by atoms with Crippen molar-refractivity contribution in [3.8, 4) is 5.82 Å². The van der Waals surface area contributed by atoms with Gasteiger partial charge >= 0.3 is 0 Å². The number of rotatable bonds is 4. The van der Waals surface area contributed by atoms with E-state index in [1.807, 2.05) is 0 Å². The molecule has 0 spiro atoms. The SMILES string of the molecule is CCc1nc(C)c2n1-c1ncnc(N(CC)CC)c1NC2(C)C. The molecule has 1 N–H and O–H groups in total. The molecule has 1 aliphatic rings. The Hall–Kier alpha value is -2.11. The van der Waals surface area contributed by atoms with Crippen molar-refractivity contribution in [3.05, 3.63) is 23.5 Å². The fourth-order valence-corrected chi connectivity index (χ4v) is 3.57. The molecular weight excluding hydrogens is 288 g/mol. The lowest BCUT2D eigenvalue weighted by Gasteiger charge is -2.37. The molecule has 3 rings (SSSR count). The number of nitrogens with zero attached hydrogens (tertiary/aromatic N) is 5. The summed E-state index contributed by atoms with van der Waals surface area (Å²) in [6.45, 7) is 14.7. The van der Waals surface area contributed by atoms with Gasteiger partial charge in [-0.1, -0.05) is 6.92 Å². The predicted molar refractivity (Wildman–Crippen MR) is 93.5 cm³/mol. The van der Waals surface area contributed by atoms with Gasteiger partial charge in [0.1, 0.15) is 17.8 Å². The minimum Gasteiger partial charge on any atom is -0.368 e. The van der Waals surface area contributed by atoms with Crippen molar-refractivity contribution in [2.24, 2.45) is 0 Å². The molecule has 0 fully saturated rings. The first-order valence-corrected chi connectivity index (χ1v) is 8.41. The van der Waals surface area contributed by atoms with Gasteiger partial charge in [-0.25, -0.2) is 15.0 Å². The van der Waals surface area contributed by atoms with Crippen LogP contribution in [0.1, 0.15) is 51.8 Å². The first kappa shape index (κ1) is 15.8. The Kier molecular flexibility index (Phi) is 3.78. The van der Waals surface area contributed by atoms with Crippen LogP contribution in [-0.4, -0.2) is 32.6 Å². The van der Waals surface area contributed by atoms with Gasteiger partial charge in [-0.3, -0.25) is 4.57 Å². The highest BCUT2D eigenvalue weighted by Gasteiger charge is 2.37. The van der Waals surface area contributed by atoms with Crippen molar-refractivity contribution in [2.75, 3.05) is 23.3 Å². The molecule has 6 nitrogen and oxygen atoms in total. The van der Waals surface area contributed by atoms with E-state index in [1.54, 1.807) is 6.33 Å². The Labute approximate surface area is 138 Å². The van der Waals surface area contributed by atoms with Gasteiger partial charge in [-0.2, -0.15) is 0 Å². The first-order chi connectivity index (χ1) is 10.9. The minimum absolute atomic E-state index is 0.218. The van der Waals surface area contributed by atoms with Gasteiger partial charge in [0.2, 0.25) is 0 Å². The van der Waals surface area contributed by atoms with Crippen molar-refractivity contribution in [2.45, 2.75) is 53.5 Å². The molecule has 0 saturated heterocycles. The Morgan fingerprint density at radius 2 is 1.87 bits per heavy atom. The van der Waals surface area contributed by atoms with E-state index in [0.717, 1.165) is 48.4 Å². The number of hydrogen-bond acceptors (Lipinski definition) is 5. The molecule has 0 amide bonds. The Bertz CT molecular complexity index is 727. The quantitative estimate of drug-likeness (QED) is 0.940. The number of hydrogen-bond donors (Lipinski definition) is 1. The van der Waals surface area contributed by atoms with E-state index in [-0.39, 0.29) is 5.54 Å². The second-order valence-electron chi connectivity index (χ2n) is 6.47. The van der Waals surface area contributed by atoms with Gasteiger partial charge in [0.25, 0.3) is 0 Å². The van der Waals surface area contributed by atoms with Crippen LogP contribution in [0, 0.1) is 6.92 Å². The van der Waals surface area contributed by atoms with Crippen molar-refractivity contribution in [3.63, 3.8) is 0 Å². The lowest BCUT2D eigenvalue weighted by Crippen LogP contribution is -2.38. The number of nitrogens with one attached hydrogen (secondary N) is 1. The summed E-state index contributed by atoms with van der Waals surface area (Å²) in [5.41, 5.74) is 3.03. The van der Waals surface area contributed by atoms with Crippen LogP contribution in [0.25, 0.3) is 5.82 Å². The molecule has 124 valence electrons. The van der Waals surface area contributed by atoms with Crippen LogP contribution in [0.2, 0.25) is 0 Å². The first-order valence-electron chi connectivity index (χ1n) is 8.41. The number of anilines is 2. The molecule has 23 heavy (non-hydrogen) atoms. The average molecular weight is 314 g/mol. The zero-order valence-electron chi connectivity index (χ0n) is 14.9. The summed E-state index contributed by atoms with van der Waals surface area (Å²) in [7, 11) is 0. The zero-order chi connectivity index (χ0) is 16.8. The zero-order valence-corrected chi connectivity index (χ0v) is 14.9. The largest absolute Gasteiger partial charge is 0.368 e. The minimum atomic E-state index is -0.218. The van der Waals surface area contributed by atoms with E-state index in [2.05, 4.69) is 66.3 Å². The van der Waals surface area contributed by atoms with Gasteiger partial charge in [-0.05, 0) is 34.6 Å². The topological polar surface area (TPSA) is 58.9 Å². The maximum absolute atomic E-state index is 4.77. The van der Waals surface area contributed by atoms with Crippen LogP contribution in [0.15, 0.2) is 6.33 Å². The highest BCUT2D eigenvalue weighted by molar-refractivity contribution is 5.76. The summed E-state index contributed by atoms with van der Waals surface area (Å²) in [4.78, 5) is 16.2. The standard InChI is InChI=1S/C17H26N6/c1-7-12-20-11(4)14-17(5,6)21-13-15(22(8-2)9-3)18-10-19-16(13)23(12)14/h10,21H,7-9H2,1-6H3. The Morgan fingerprint density at radius 1 is 1.17 bits per heavy atom. The van der Waals surface area contributed by atoms with Crippen molar-refractivity contribution < 1.29 is 0 Å². The lowest BCUT2D eigenvalue weighted by atomic mass is 9.96. The van der Waals surface area contributed by atoms with E-state index in [1.165, 1.54) is 5.69 Å². The lowest BCUT2D eigenvalue weighted by molar-refractivity contribution is 0.546. The average Bonchev–Trinajstić information content (AvgIpc) is 2.87. The van der Waals surface area contributed by atoms with Crippen LogP contribution < -0.4 is 10.2 Å². The molecule has 2 aromatic heterocycles. The molecule has 0 atom stereocenters. The Morgan fingerprint density at radius 3 is 2.48 bits per heavy atom. The second-order valence-corrected chi connectivity index (χ2v) is 6.47. The van der Waals surface area contributed by atoms with E-state index in [4.69, 9.17) is 4.98 Å². The van der Waals surface area contributed by atoms with Gasteiger partial charge in [0.05, 0.1) is 16.9 Å². The fraction of sp³-hybridized carbons (Fsp3) is 0.588. The maximum atomic E-state index is 4.77. The third kappa shape index (κ3) is 2.28.